The van der Waals surface area contributed by atoms with E-state index in [2.05, 4.69) is 36.2 Å². The Morgan fingerprint density at radius 3 is 2.75 bits per heavy atom. The second-order valence-corrected chi connectivity index (χ2v) is 5.80. The summed E-state index contributed by atoms with van der Waals surface area (Å²) in [6.45, 7) is 7.01. The smallest absolute Gasteiger partial charge is 0.295 e. The summed E-state index contributed by atoms with van der Waals surface area (Å²) >= 11 is 0. The summed E-state index contributed by atoms with van der Waals surface area (Å²) < 4.78 is 7.57. The van der Waals surface area contributed by atoms with Gasteiger partial charge in [-0.05, 0) is 32.9 Å². The van der Waals surface area contributed by atoms with Crippen molar-refractivity contribution < 1.29 is 4.42 Å². The Balaban J connectivity index is 1.71. The molecule has 0 aliphatic carbocycles. The molecule has 0 saturated heterocycles. The number of benzene rings is 1. The first-order chi connectivity index (χ1) is 9.52. The minimum atomic E-state index is -0.00410. The van der Waals surface area contributed by atoms with E-state index < -0.39 is 0 Å². The topological polar surface area (TPSA) is 55.9 Å². The van der Waals surface area contributed by atoms with Gasteiger partial charge in [-0.2, -0.15) is 10.1 Å². The number of nitrogens with zero attached hydrogens (tertiary/aromatic N) is 3. The monoisotopic (exact) mass is 270 g/mol. The van der Waals surface area contributed by atoms with Gasteiger partial charge in [0.15, 0.2) is 5.58 Å². The molecule has 1 aromatic carbocycles. The van der Waals surface area contributed by atoms with Crippen LogP contribution in [0.5, 0.6) is 0 Å². The molecule has 5 nitrogen and oxygen atoms in total. The first-order valence-electron chi connectivity index (χ1n) is 6.66. The van der Waals surface area contributed by atoms with Crippen LogP contribution in [0.15, 0.2) is 41.1 Å². The first-order valence-corrected chi connectivity index (χ1v) is 6.66. The Hall–Kier alpha value is -2.30. The highest BCUT2D eigenvalue weighted by molar-refractivity contribution is 5.74. The van der Waals surface area contributed by atoms with Gasteiger partial charge >= 0.3 is 0 Å². The number of para-hydroxylation sites is 2. The van der Waals surface area contributed by atoms with Gasteiger partial charge in [-0.15, -0.1) is 0 Å². The van der Waals surface area contributed by atoms with Gasteiger partial charge < -0.3 is 9.73 Å². The molecule has 2 aromatic heterocycles. The lowest BCUT2D eigenvalue weighted by atomic mass is 10.1. The average Bonchev–Trinajstić information content (AvgIpc) is 3.02. The van der Waals surface area contributed by atoms with Crippen molar-refractivity contribution in [3.8, 4) is 0 Å². The van der Waals surface area contributed by atoms with Crippen molar-refractivity contribution in [3.63, 3.8) is 0 Å². The maximum atomic E-state index is 5.61. The molecule has 0 spiro atoms. The fourth-order valence-corrected chi connectivity index (χ4v) is 1.94. The quantitative estimate of drug-likeness (QED) is 0.792. The van der Waals surface area contributed by atoms with Gasteiger partial charge in [0.2, 0.25) is 0 Å². The van der Waals surface area contributed by atoms with E-state index in [1.165, 1.54) is 0 Å². The Kier molecular flexibility index (Phi) is 2.97. The normalized spacial score (nSPS) is 11.9. The van der Waals surface area contributed by atoms with E-state index in [9.17, 15) is 0 Å². The second-order valence-electron chi connectivity index (χ2n) is 5.80. The van der Waals surface area contributed by atoms with Crippen LogP contribution in [0.25, 0.3) is 11.1 Å². The molecular formula is C15H18N4O. The van der Waals surface area contributed by atoms with Gasteiger partial charge in [0.25, 0.3) is 6.01 Å². The van der Waals surface area contributed by atoms with Crippen molar-refractivity contribution in [2.24, 2.45) is 0 Å². The Labute approximate surface area is 117 Å². The summed E-state index contributed by atoms with van der Waals surface area (Å²) in [6, 6.07) is 8.26. The largest absolute Gasteiger partial charge is 0.424 e. The standard InChI is InChI=1S/C15H18N4O/c1-15(2,3)19-10-11(9-17-19)8-16-14-18-12-6-4-5-7-13(12)20-14/h4-7,9-10H,8H2,1-3H3,(H,16,18). The molecule has 0 aliphatic rings. The van der Waals surface area contributed by atoms with Crippen molar-refractivity contribution >= 4 is 17.1 Å². The molecule has 3 rings (SSSR count). The number of rotatable bonds is 3. The first kappa shape index (κ1) is 12.7. The predicted octanol–water partition coefficient (Wildman–Crippen LogP) is 3.39. The van der Waals surface area contributed by atoms with Crippen LogP contribution in [0.2, 0.25) is 0 Å². The van der Waals surface area contributed by atoms with Gasteiger partial charge in [0.1, 0.15) is 5.52 Å². The van der Waals surface area contributed by atoms with E-state index in [1.807, 2.05) is 41.3 Å². The van der Waals surface area contributed by atoms with Gasteiger partial charge in [0.05, 0.1) is 11.7 Å². The molecule has 0 unspecified atom stereocenters. The van der Waals surface area contributed by atoms with Crippen LogP contribution in [0, 0.1) is 0 Å². The van der Waals surface area contributed by atoms with Crippen LogP contribution in [-0.2, 0) is 12.1 Å². The molecule has 104 valence electrons. The third-order valence-electron chi connectivity index (χ3n) is 3.06. The third-order valence-corrected chi connectivity index (χ3v) is 3.06. The number of hydrogen-bond acceptors (Lipinski definition) is 4. The number of oxazole rings is 1. The van der Waals surface area contributed by atoms with Crippen molar-refractivity contribution in [2.75, 3.05) is 5.32 Å². The van der Waals surface area contributed by atoms with Crippen LogP contribution in [0.1, 0.15) is 26.3 Å². The van der Waals surface area contributed by atoms with Crippen LogP contribution in [0.4, 0.5) is 6.01 Å². The van der Waals surface area contributed by atoms with Crippen molar-refractivity contribution in [1.29, 1.82) is 0 Å². The minimum Gasteiger partial charge on any atom is -0.424 e. The molecule has 0 amide bonds. The Bertz CT molecular complexity index is 688. The molecule has 3 aromatic rings. The van der Waals surface area contributed by atoms with E-state index in [0.717, 1.165) is 16.7 Å². The molecule has 0 radical (unpaired) electrons. The minimum absolute atomic E-state index is 0.00410. The van der Waals surface area contributed by atoms with E-state index in [0.29, 0.717) is 12.6 Å². The molecule has 20 heavy (non-hydrogen) atoms. The summed E-state index contributed by atoms with van der Waals surface area (Å²) in [6.07, 6.45) is 3.90. The second kappa shape index (κ2) is 4.67. The molecule has 0 fully saturated rings. The highest BCUT2D eigenvalue weighted by Gasteiger charge is 2.14. The van der Waals surface area contributed by atoms with Gasteiger partial charge in [0, 0.05) is 18.3 Å². The molecule has 1 N–H and O–H groups in total. The molecule has 0 atom stereocenters. The molecule has 2 heterocycles. The van der Waals surface area contributed by atoms with Crippen LogP contribution in [0.3, 0.4) is 0 Å². The lowest BCUT2D eigenvalue weighted by Gasteiger charge is -2.18. The number of fused-ring (bicyclic) bond motifs is 1. The molecule has 0 aliphatic heterocycles. The molecule has 0 saturated carbocycles. The van der Waals surface area contributed by atoms with Crippen molar-refractivity contribution in [3.05, 3.63) is 42.2 Å². The van der Waals surface area contributed by atoms with Gasteiger partial charge in [-0.25, -0.2) is 0 Å². The van der Waals surface area contributed by atoms with Gasteiger partial charge in [-0.3, -0.25) is 4.68 Å². The zero-order valence-corrected chi connectivity index (χ0v) is 11.9. The number of aromatic nitrogens is 3. The fraction of sp³-hybridized carbons (Fsp3) is 0.333. The average molecular weight is 270 g/mol. The summed E-state index contributed by atoms with van der Waals surface area (Å²) in [5, 5.41) is 7.55. The predicted molar refractivity (Wildman–Crippen MR) is 78.6 cm³/mol. The Morgan fingerprint density at radius 2 is 2.05 bits per heavy atom. The van der Waals surface area contributed by atoms with Crippen molar-refractivity contribution in [1.82, 2.24) is 14.8 Å². The summed E-state index contributed by atoms with van der Waals surface area (Å²) in [5.41, 5.74) is 2.75. The zero-order chi connectivity index (χ0) is 14.2. The number of anilines is 1. The number of hydrogen-bond donors (Lipinski definition) is 1. The van der Waals surface area contributed by atoms with Crippen LogP contribution < -0.4 is 5.32 Å². The van der Waals surface area contributed by atoms with Crippen LogP contribution >= 0.6 is 0 Å². The van der Waals surface area contributed by atoms with E-state index >= 15 is 0 Å². The fourth-order valence-electron chi connectivity index (χ4n) is 1.94. The molecule has 0 bridgehead atoms. The SMILES string of the molecule is CC(C)(C)n1cc(CNc2nc3ccccc3o2)cn1. The van der Waals surface area contributed by atoms with E-state index in [4.69, 9.17) is 4.42 Å². The molecule has 5 heteroatoms. The number of nitrogens with one attached hydrogen (secondary N) is 1. The van der Waals surface area contributed by atoms with Gasteiger partial charge in [-0.1, -0.05) is 12.1 Å². The highest BCUT2D eigenvalue weighted by Crippen LogP contribution is 2.19. The maximum absolute atomic E-state index is 5.61. The lowest BCUT2D eigenvalue weighted by molar-refractivity contribution is 0.355. The van der Waals surface area contributed by atoms with E-state index in [1.54, 1.807) is 0 Å². The zero-order valence-electron chi connectivity index (χ0n) is 11.9. The lowest BCUT2D eigenvalue weighted by Crippen LogP contribution is -2.21. The van der Waals surface area contributed by atoms with E-state index in [-0.39, 0.29) is 5.54 Å². The summed E-state index contributed by atoms with van der Waals surface area (Å²) in [4.78, 5) is 4.38. The summed E-state index contributed by atoms with van der Waals surface area (Å²) in [7, 11) is 0. The van der Waals surface area contributed by atoms with Crippen LogP contribution in [-0.4, -0.2) is 14.8 Å². The summed E-state index contributed by atoms with van der Waals surface area (Å²) in [5.74, 6) is 0. The highest BCUT2D eigenvalue weighted by atomic mass is 16.4. The molecular weight excluding hydrogens is 252 g/mol. The maximum Gasteiger partial charge on any atom is 0.295 e. The van der Waals surface area contributed by atoms with Crippen molar-refractivity contribution in [2.45, 2.75) is 32.9 Å². The third kappa shape index (κ3) is 2.52. The Morgan fingerprint density at radius 1 is 1.25 bits per heavy atom.